The van der Waals surface area contributed by atoms with Crippen LogP contribution in [-0.4, -0.2) is 30.6 Å². The first-order chi connectivity index (χ1) is 5.38. The number of rotatable bonds is 1. The Morgan fingerprint density at radius 3 is 2.64 bits per heavy atom. The highest BCUT2D eigenvalue weighted by molar-refractivity contribution is 5.89. The molecule has 2 heterocycles. The summed E-state index contributed by atoms with van der Waals surface area (Å²) >= 11 is 0. The van der Waals surface area contributed by atoms with Gasteiger partial charge in [0.1, 0.15) is 12.3 Å². The molecule has 0 radical (unpaired) electrons. The van der Waals surface area contributed by atoms with Crippen molar-refractivity contribution < 1.29 is 9.53 Å². The molecule has 2 aliphatic rings. The van der Waals surface area contributed by atoms with E-state index in [1.54, 1.807) is 0 Å². The van der Waals surface area contributed by atoms with Crippen LogP contribution < -0.4 is 0 Å². The van der Waals surface area contributed by atoms with Crippen LogP contribution in [0.3, 0.4) is 0 Å². The van der Waals surface area contributed by atoms with Crippen LogP contribution in [0.4, 0.5) is 0 Å². The summed E-state index contributed by atoms with van der Waals surface area (Å²) in [4.78, 5) is 13.1. The zero-order valence-corrected chi connectivity index (χ0v) is 6.38. The Kier molecular flexibility index (Phi) is 1.56. The van der Waals surface area contributed by atoms with Crippen molar-refractivity contribution in [1.82, 2.24) is 4.90 Å². The van der Waals surface area contributed by atoms with Gasteiger partial charge in [0, 0.05) is 13.1 Å². The molecule has 3 nitrogen and oxygen atoms in total. The summed E-state index contributed by atoms with van der Waals surface area (Å²) in [6.07, 6.45) is 4.27. The second-order valence-corrected chi connectivity index (χ2v) is 2.88. The number of ether oxygens (including phenoxy) is 1. The molecule has 0 saturated carbocycles. The fourth-order valence-corrected chi connectivity index (χ4v) is 1.57. The van der Waals surface area contributed by atoms with Crippen molar-refractivity contribution in [3.8, 4) is 0 Å². The number of hydrogen-bond donors (Lipinski definition) is 0. The minimum absolute atomic E-state index is 0.146. The van der Waals surface area contributed by atoms with Gasteiger partial charge in [-0.1, -0.05) is 0 Å². The fraction of sp³-hybridized carbons (Fsp3) is 0.625. The Morgan fingerprint density at radius 1 is 1.36 bits per heavy atom. The smallest absolute Gasteiger partial charge is 0.354 e. The van der Waals surface area contributed by atoms with Crippen molar-refractivity contribution in [3.63, 3.8) is 0 Å². The van der Waals surface area contributed by atoms with Crippen LogP contribution in [0.5, 0.6) is 0 Å². The van der Waals surface area contributed by atoms with Gasteiger partial charge in [0.25, 0.3) is 0 Å². The molecule has 2 rings (SSSR count). The van der Waals surface area contributed by atoms with Gasteiger partial charge < -0.3 is 9.64 Å². The number of likely N-dealkylation sites (tertiary alicyclic amines) is 1. The van der Waals surface area contributed by atoms with Crippen LogP contribution in [0.1, 0.15) is 12.8 Å². The maximum absolute atomic E-state index is 11.0. The van der Waals surface area contributed by atoms with Crippen LogP contribution in [0, 0.1) is 0 Å². The second kappa shape index (κ2) is 2.57. The van der Waals surface area contributed by atoms with E-state index >= 15 is 0 Å². The van der Waals surface area contributed by atoms with Crippen molar-refractivity contribution in [1.29, 1.82) is 0 Å². The normalized spacial score (nSPS) is 23.8. The molecule has 1 saturated heterocycles. The molecule has 0 aromatic carbocycles. The summed E-state index contributed by atoms with van der Waals surface area (Å²) in [6, 6.07) is 0. The minimum atomic E-state index is -0.146. The van der Waals surface area contributed by atoms with E-state index in [0.717, 1.165) is 18.8 Å². The van der Waals surface area contributed by atoms with Crippen LogP contribution in [0.2, 0.25) is 0 Å². The van der Waals surface area contributed by atoms with Gasteiger partial charge >= 0.3 is 5.97 Å². The number of carbonyl (C=O) groups is 1. The highest BCUT2D eigenvalue weighted by Crippen LogP contribution is 2.18. The second-order valence-electron chi connectivity index (χ2n) is 2.88. The largest absolute Gasteiger partial charge is 0.457 e. The Morgan fingerprint density at radius 2 is 2.09 bits per heavy atom. The predicted molar refractivity (Wildman–Crippen MR) is 39.8 cm³/mol. The van der Waals surface area contributed by atoms with Gasteiger partial charge in [-0.05, 0) is 18.9 Å². The zero-order valence-electron chi connectivity index (χ0n) is 6.38. The zero-order chi connectivity index (χ0) is 7.68. The van der Waals surface area contributed by atoms with E-state index in [1.165, 1.54) is 12.8 Å². The molecule has 0 aromatic rings. The molecular weight excluding hydrogens is 142 g/mol. The highest BCUT2D eigenvalue weighted by Gasteiger charge is 2.24. The Hall–Kier alpha value is -0.990. The fourth-order valence-electron chi connectivity index (χ4n) is 1.57. The first kappa shape index (κ1) is 6.70. The number of esters is 1. The number of hydrogen-bond acceptors (Lipinski definition) is 3. The highest BCUT2D eigenvalue weighted by atomic mass is 16.5. The number of carbonyl (C=O) groups excluding carboxylic acids is 1. The molecule has 60 valence electrons. The summed E-state index contributed by atoms with van der Waals surface area (Å²) in [5.41, 5.74) is 0.780. The number of nitrogens with zero attached hydrogens (tertiary/aromatic N) is 1. The van der Waals surface area contributed by atoms with E-state index in [0.29, 0.717) is 6.61 Å². The molecule has 0 atom stereocenters. The first-order valence-electron chi connectivity index (χ1n) is 4.00. The van der Waals surface area contributed by atoms with Crippen LogP contribution in [0.15, 0.2) is 11.8 Å². The molecule has 1 fully saturated rings. The number of cyclic esters (lactones) is 1. The van der Waals surface area contributed by atoms with E-state index < -0.39 is 0 Å². The van der Waals surface area contributed by atoms with Gasteiger partial charge in [-0.3, -0.25) is 0 Å². The molecule has 0 N–H and O–H groups in total. The molecule has 3 heteroatoms. The average Bonchev–Trinajstić information content (AvgIpc) is 2.55. The molecule has 0 amide bonds. The van der Waals surface area contributed by atoms with Gasteiger partial charge in [0.05, 0.1) is 0 Å². The molecule has 0 spiro atoms. The Balaban J connectivity index is 2.08. The lowest BCUT2D eigenvalue weighted by atomic mass is 10.4. The van der Waals surface area contributed by atoms with E-state index in [-0.39, 0.29) is 5.97 Å². The van der Waals surface area contributed by atoms with Gasteiger partial charge in [0.15, 0.2) is 0 Å². The van der Waals surface area contributed by atoms with E-state index in [9.17, 15) is 4.79 Å². The van der Waals surface area contributed by atoms with Crippen LogP contribution in [-0.2, 0) is 9.53 Å². The van der Waals surface area contributed by atoms with E-state index in [2.05, 4.69) is 4.90 Å². The van der Waals surface area contributed by atoms with Crippen molar-refractivity contribution >= 4 is 5.97 Å². The third-order valence-electron chi connectivity index (χ3n) is 2.15. The third-order valence-corrected chi connectivity index (χ3v) is 2.15. The minimum Gasteiger partial charge on any atom is -0.457 e. The van der Waals surface area contributed by atoms with Crippen molar-refractivity contribution in [2.75, 3.05) is 19.7 Å². The molecule has 0 aliphatic carbocycles. The average molecular weight is 153 g/mol. The molecule has 0 unspecified atom stereocenters. The lowest BCUT2D eigenvalue weighted by Crippen LogP contribution is -2.22. The van der Waals surface area contributed by atoms with Crippen molar-refractivity contribution in [2.45, 2.75) is 12.8 Å². The summed E-state index contributed by atoms with van der Waals surface area (Å²) in [5.74, 6) is -0.146. The molecule has 0 aromatic heterocycles. The Bertz CT molecular complexity index is 204. The van der Waals surface area contributed by atoms with Gasteiger partial charge in [-0.25, -0.2) is 4.79 Å². The summed E-state index contributed by atoms with van der Waals surface area (Å²) < 4.78 is 4.80. The topological polar surface area (TPSA) is 29.5 Å². The van der Waals surface area contributed by atoms with Crippen molar-refractivity contribution in [2.24, 2.45) is 0 Å². The Labute approximate surface area is 65.6 Å². The monoisotopic (exact) mass is 153 g/mol. The maximum Gasteiger partial charge on any atom is 0.354 e. The lowest BCUT2D eigenvalue weighted by Gasteiger charge is -2.15. The summed E-state index contributed by atoms with van der Waals surface area (Å²) in [6.45, 7) is 2.49. The molecule has 2 aliphatic heterocycles. The third kappa shape index (κ3) is 1.11. The van der Waals surface area contributed by atoms with Gasteiger partial charge in [-0.2, -0.15) is 0 Å². The predicted octanol–water partition coefficient (Wildman–Crippen LogP) is 0.523. The first-order valence-corrected chi connectivity index (χ1v) is 4.00. The maximum atomic E-state index is 11.0. The van der Waals surface area contributed by atoms with E-state index in [1.807, 2.05) is 6.08 Å². The standard InChI is InChI=1S/C8H11NO2/c10-8-7(3-6-11-8)9-4-1-2-5-9/h3H,1-2,4-6H2. The van der Waals surface area contributed by atoms with Gasteiger partial charge in [-0.15, -0.1) is 0 Å². The van der Waals surface area contributed by atoms with Gasteiger partial charge in [0.2, 0.25) is 0 Å². The molecular formula is C8H11NO2. The van der Waals surface area contributed by atoms with E-state index in [4.69, 9.17) is 4.74 Å². The summed E-state index contributed by atoms with van der Waals surface area (Å²) in [7, 11) is 0. The van der Waals surface area contributed by atoms with Crippen LogP contribution in [0.25, 0.3) is 0 Å². The SMILES string of the molecule is O=C1OCC=C1N1CCCC1. The van der Waals surface area contributed by atoms with Crippen molar-refractivity contribution in [3.05, 3.63) is 11.8 Å². The van der Waals surface area contributed by atoms with Crippen LogP contribution >= 0.6 is 0 Å². The molecule has 11 heavy (non-hydrogen) atoms. The summed E-state index contributed by atoms with van der Waals surface area (Å²) in [5, 5.41) is 0. The quantitative estimate of drug-likeness (QED) is 0.514. The lowest BCUT2D eigenvalue weighted by molar-refractivity contribution is -0.137. The molecule has 0 bridgehead atoms.